The fraction of sp³-hybridized carbons (Fsp3) is 0.545. The van der Waals surface area contributed by atoms with E-state index in [0.717, 1.165) is 55.2 Å². The van der Waals surface area contributed by atoms with Gasteiger partial charge < -0.3 is 44.2 Å². The van der Waals surface area contributed by atoms with Crippen molar-refractivity contribution in [2.45, 2.75) is 38.8 Å². The van der Waals surface area contributed by atoms with Crippen LogP contribution in [0.15, 0.2) is 36.4 Å². The summed E-state index contributed by atoms with van der Waals surface area (Å²) in [5, 5.41) is 17.1. The van der Waals surface area contributed by atoms with Gasteiger partial charge in [-0.15, -0.1) is 6.42 Å². The number of piperidine rings is 1. The van der Waals surface area contributed by atoms with E-state index < -0.39 is 0 Å². The minimum absolute atomic E-state index is 0.0130. The van der Waals surface area contributed by atoms with E-state index >= 15 is 0 Å². The van der Waals surface area contributed by atoms with E-state index in [1.54, 1.807) is 12.1 Å². The number of terminal acetylenes is 1. The van der Waals surface area contributed by atoms with Gasteiger partial charge in [-0.2, -0.15) is 0 Å². The topological polar surface area (TPSA) is 132 Å². The number of hydrogen-bond donors (Lipinski definition) is 3. The second-order valence-electron chi connectivity index (χ2n) is 10.9. The maximum Gasteiger partial charge on any atom is 0.222 e. The number of hydrogen-bond acceptors (Lipinski definition) is 10. The number of rotatable bonds is 20. The van der Waals surface area contributed by atoms with Crippen LogP contribution in [0.3, 0.4) is 0 Å². The average Bonchev–Trinajstić information content (AvgIpc) is 3.38. The van der Waals surface area contributed by atoms with Crippen LogP contribution in [0.5, 0.6) is 5.75 Å². The van der Waals surface area contributed by atoms with Crippen molar-refractivity contribution in [2.75, 3.05) is 84.4 Å². The fourth-order valence-electron chi connectivity index (χ4n) is 5.10. The third-order valence-corrected chi connectivity index (χ3v) is 7.50. The van der Waals surface area contributed by atoms with E-state index in [-0.39, 0.29) is 17.7 Å². The van der Waals surface area contributed by atoms with E-state index in [1.807, 2.05) is 31.2 Å². The number of aromatic hydroxyl groups is 1. The van der Waals surface area contributed by atoms with Gasteiger partial charge in [0.05, 0.1) is 63.8 Å². The second-order valence-corrected chi connectivity index (χ2v) is 10.9. The minimum atomic E-state index is -0.0130. The Balaban J connectivity index is 1.08. The first-order valence-electron chi connectivity index (χ1n) is 15.6. The van der Waals surface area contributed by atoms with Gasteiger partial charge in [-0.25, -0.2) is 4.98 Å². The van der Waals surface area contributed by atoms with Crippen LogP contribution in [0.2, 0.25) is 0 Å². The van der Waals surface area contributed by atoms with Gasteiger partial charge in [-0.1, -0.05) is 18.1 Å². The number of amides is 1. The molecule has 0 radical (unpaired) electrons. The number of carbonyl (C=O) groups is 1. The molecular formula is C33H46N6O6. The van der Waals surface area contributed by atoms with Crippen LogP contribution >= 0.6 is 0 Å². The summed E-state index contributed by atoms with van der Waals surface area (Å²) in [4.78, 5) is 24.0. The Morgan fingerprint density at radius 3 is 2.40 bits per heavy atom. The number of aromatic nitrogens is 3. The molecule has 0 unspecified atom stereocenters. The molecule has 3 heterocycles. The Morgan fingerprint density at radius 1 is 0.978 bits per heavy atom. The highest BCUT2D eigenvalue weighted by molar-refractivity contribution is 5.79. The number of ether oxygens (including phenoxy) is 4. The third-order valence-electron chi connectivity index (χ3n) is 7.50. The zero-order chi connectivity index (χ0) is 31.7. The van der Waals surface area contributed by atoms with Crippen molar-refractivity contribution in [1.82, 2.24) is 24.8 Å². The van der Waals surface area contributed by atoms with Gasteiger partial charge in [-0.3, -0.25) is 9.78 Å². The summed E-state index contributed by atoms with van der Waals surface area (Å²) in [7, 11) is 0. The highest BCUT2D eigenvalue weighted by atomic mass is 16.6. The molecule has 1 aliphatic heterocycles. The number of likely N-dealkylation sites (tertiary alicyclic amines) is 1. The molecule has 1 saturated heterocycles. The summed E-state index contributed by atoms with van der Waals surface area (Å²) in [6, 6.07) is 11.8. The first kappa shape index (κ1) is 34.1. The smallest absolute Gasteiger partial charge is 0.222 e. The van der Waals surface area contributed by atoms with Gasteiger partial charge in [0, 0.05) is 44.3 Å². The average molecular weight is 623 g/mol. The van der Waals surface area contributed by atoms with Crippen LogP contribution in [-0.2, 0) is 30.3 Å². The number of imidazole rings is 1. The lowest BCUT2D eigenvalue weighted by molar-refractivity contribution is -0.122. The van der Waals surface area contributed by atoms with Gasteiger partial charge in [0.1, 0.15) is 18.1 Å². The summed E-state index contributed by atoms with van der Waals surface area (Å²) >= 11 is 0. The zero-order valence-corrected chi connectivity index (χ0v) is 26.2. The number of nitrogens with zero attached hydrogens (tertiary/aromatic N) is 4. The van der Waals surface area contributed by atoms with Crippen molar-refractivity contribution in [3.05, 3.63) is 47.8 Å². The van der Waals surface area contributed by atoms with E-state index in [2.05, 4.69) is 31.0 Å². The van der Waals surface area contributed by atoms with Crippen LogP contribution in [-0.4, -0.2) is 116 Å². The number of anilines is 1. The third kappa shape index (κ3) is 11.6. The minimum Gasteiger partial charge on any atom is -0.506 e. The van der Waals surface area contributed by atoms with Gasteiger partial charge in [-0.05, 0) is 44.0 Å². The second kappa shape index (κ2) is 18.9. The summed E-state index contributed by atoms with van der Waals surface area (Å²) in [5.74, 6) is 3.35. The Hall–Kier alpha value is -3.73. The molecule has 0 atom stereocenters. The SMILES string of the molecule is C#CCOCCOCCOCCOCCC(=O)NCCN1CCC(Nc2nc3ccccc3n2Cc2nc(C)ccc2O)CC1. The predicted molar refractivity (Wildman–Crippen MR) is 172 cm³/mol. The van der Waals surface area contributed by atoms with Crippen molar-refractivity contribution in [3.8, 4) is 18.1 Å². The molecule has 0 spiro atoms. The fourth-order valence-corrected chi connectivity index (χ4v) is 5.10. The lowest BCUT2D eigenvalue weighted by Gasteiger charge is -2.32. The molecule has 2 aromatic heterocycles. The first-order chi connectivity index (χ1) is 22.0. The van der Waals surface area contributed by atoms with E-state index in [0.29, 0.717) is 78.1 Å². The molecule has 0 bridgehead atoms. The molecule has 1 amide bonds. The Kier molecular flexibility index (Phi) is 14.4. The Morgan fingerprint density at radius 2 is 1.67 bits per heavy atom. The molecule has 0 saturated carbocycles. The quantitative estimate of drug-likeness (QED) is 0.128. The Bertz CT molecular complexity index is 1370. The molecule has 244 valence electrons. The van der Waals surface area contributed by atoms with Crippen molar-refractivity contribution in [2.24, 2.45) is 0 Å². The molecule has 0 aliphatic carbocycles. The normalized spacial score (nSPS) is 14.0. The van der Waals surface area contributed by atoms with E-state index in [4.69, 9.17) is 30.4 Å². The molecule has 3 N–H and O–H groups in total. The number of aryl methyl sites for hydroxylation is 1. The number of carbonyl (C=O) groups excluding carboxylic acids is 1. The first-order valence-corrected chi connectivity index (χ1v) is 15.6. The van der Waals surface area contributed by atoms with Gasteiger partial charge in [0.2, 0.25) is 11.9 Å². The molecule has 1 aromatic carbocycles. The van der Waals surface area contributed by atoms with E-state index in [9.17, 15) is 9.90 Å². The van der Waals surface area contributed by atoms with Crippen LogP contribution in [0, 0.1) is 19.3 Å². The predicted octanol–water partition coefficient (Wildman–Crippen LogP) is 2.58. The summed E-state index contributed by atoms with van der Waals surface area (Å²) in [6.45, 7) is 9.08. The number of para-hydroxylation sites is 2. The lowest BCUT2D eigenvalue weighted by atomic mass is 10.1. The summed E-state index contributed by atoms with van der Waals surface area (Å²) in [5.41, 5.74) is 3.38. The molecule has 1 aliphatic rings. The number of nitrogens with one attached hydrogen (secondary N) is 2. The molecule has 1 fully saturated rings. The van der Waals surface area contributed by atoms with Gasteiger partial charge >= 0.3 is 0 Å². The lowest BCUT2D eigenvalue weighted by Crippen LogP contribution is -2.43. The largest absolute Gasteiger partial charge is 0.506 e. The van der Waals surface area contributed by atoms with Crippen molar-refractivity contribution >= 4 is 22.9 Å². The molecule has 3 aromatic rings. The standard InChI is InChI=1S/C33H46N6O6/c1-3-17-42-19-21-44-23-24-45-22-20-43-18-12-32(41)34-13-16-38-14-10-27(11-15-38)36-33-37-28-6-4-5-7-30(28)39(33)25-29-31(40)9-8-26(2)35-29/h1,4-9,27,40H,10-25H2,2H3,(H,34,41)(H,36,37). The maximum absolute atomic E-state index is 12.2. The van der Waals surface area contributed by atoms with Gasteiger partial charge in [0.15, 0.2) is 0 Å². The monoisotopic (exact) mass is 622 g/mol. The Labute approximate surface area is 265 Å². The van der Waals surface area contributed by atoms with Crippen LogP contribution in [0.4, 0.5) is 5.95 Å². The maximum atomic E-state index is 12.2. The number of benzene rings is 1. The highest BCUT2D eigenvalue weighted by Gasteiger charge is 2.22. The van der Waals surface area contributed by atoms with Gasteiger partial charge in [0.25, 0.3) is 0 Å². The van der Waals surface area contributed by atoms with Crippen molar-refractivity contribution in [3.63, 3.8) is 0 Å². The van der Waals surface area contributed by atoms with Crippen LogP contribution in [0.1, 0.15) is 30.7 Å². The zero-order valence-electron chi connectivity index (χ0n) is 26.2. The highest BCUT2D eigenvalue weighted by Crippen LogP contribution is 2.25. The summed E-state index contributed by atoms with van der Waals surface area (Å²) < 4.78 is 23.5. The molecule has 12 nitrogen and oxygen atoms in total. The molecular weight excluding hydrogens is 576 g/mol. The van der Waals surface area contributed by atoms with Crippen molar-refractivity contribution < 1.29 is 28.8 Å². The molecule has 45 heavy (non-hydrogen) atoms. The van der Waals surface area contributed by atoms with Crippen LogP contribution in [0.25, 0.3) is 11.0 Å². The molecule has 12 heteroatoms. The molecule has 4 rings (SSSR count). The number of pyridine rings is 1. The summed E-state index contributed by atoms with van der Waals surface area (Å²) in [6.07, 6.45) is 7.35. The van der Waals surface area contributed by atoms with Crippen molar-refractivity contribution in [1.29, 1.82) is 0 Å². The van der Waals surface area contributed by atoms with E-state index in [1.165, 1.54) is 0 Å². The number of fused-ring (bicyclic) bond motifs is 1. The van der Waals surface area contributed by atoms with Crippen LogP contribution < -0.4 is 10.6 Å².